The van der Waals surface area contributed by atoms with Gasteiger partial charge in [0.2, 0.25) is 0 Å². The van der Waals surface area contributed by atoms with Crippen LogP contribution in [0.5, 0.6) is 0 Å². The Morgan fingerprint density at radius 1 is 1.50 bits per heavy atom. The number of hydrogen-bond acceptors (Lipinski definition) is 5. The Kier molecular flexibility index (Phi) is 3.81. The summed E-state index contributed by atoms with van der Waals surface area (Å²) < 4.78 is 0. The third-order valence-corrected chi connectivity index (χ3v) is 3.73. The molecule has 0 saturated carbocycles. The number of nitrogens with two attached hydrogens (primary N) is 1. The number of amides is 2. The van der Waals surface area contributed by atoms with Crippen LogP contribution in [0, 0.1) is 0 Å². The zero-order chi connectivity index (χ0) is 13.9. The van der Waals surface area contributed by atoms with Crippen LogP contribution in [0.25, 0.3) is 0 Å². The molecule has 7 nitrogen and oxygen atoms in total. The van der Waals surface area contributed by atoms with Gasteiger partial charge in [0, 0.05) is 45.0 Å². The highest BCUT2D eigenvalue weighted by atomic mass is 16.7. The summed E-state index contributed by atoms with van der Waals surface area (Å²) in [6.07, 6.45) is 4.09. The van der Waals surface area contributed by atoms with E-state index in [1.807, 2.05) is 12.1 Å². The molecular formula is C13H19N5O2. The molecule has 2 amide bonds. The van der Waals surface area contributed by atoms with E-state index in [9.17, 15) is 4.79 Å². The highest BCUT2D eigenvalue weighted by Gasteiger charge is 2.38. The van der Waals surface area contributed by atoms with E-state index in [1.54, 1.807) is 12.4 Å². The van der Waals surface area contributed by atoms with E-state index < -0.39 is 6.03 Å². The molecule has 1 aromatic heterocycles. The van der Waals surface area contributed by atoms with Gasteiger partial charge in [-0.3, -0.25) is 14.7 Å². The van der Waals surface area contributed by atoms with E-state index in [0.29, 0.717) is 6.54 Å². The number of rotatable bonds is 2. The van der Waals surface area contributed by atoms with E-state index in [2.05, 4.69) is 15.2 Å². The number of pyridine rings is 1. The molecule has 0 spiro atoms. The van der Waals surface area contributed by atoms with Gasteiger partial charge in [-0.1, -0.05) is 0 Å². The van der Waals surface area contributed by atoms with Crippen LogP contribution in [0.3, 0.4) is 0 Å². The number of hydrogen-bond donors (Lipinski definition) is 2. The van der Waals surface area contributed by atoms with Crippen molar-refractivity contribution in [1.82, 2.24) is 20.3 Å². The lowest BCUT2D eigenvalue weighted by Gasteiger charge is -2.47. The maximum absolute atomic E-state index is 11.6. The molecule has 3 rings (SSSR count). The molecule has 2 fully saturated rings. The van der Waals surface area contributed by atoms with Crippen molar-refractivity contribution in [3.8, 4) is 0 Å². The zero-order valence-electron chi connectivity index (χ0n) is 11.2. The monoisotopic (exact) mass is 277 g/mol. The molecule has 2 saturated heterocycles. The van der Waals surface area contributed by atoms with Gasteiger partial charge in [-0.05, 0) is 17.7 Å². The van der Waals surface area contributed by atoms with Crippen molar-refractivity contribution < 1.29 is 9.63 Å². The highest BCUT2D eigenvalue weighted by Crippen LogP contribution is 2.20. The van der Waals surface area contributed by atoms with Gasteiger partial charge in [-0.15, -0.1) is 0 Å². The molecule has 2 aliphatic heterocycles. The second kappa shape index (κ2) is 5.74. The first-order valence-corrected chi connectivity index (χ1v) is 6.83. The average Bonchev–Trinajstić information content (AvgIpc) is 2.47. The van der Waals surface area contributed by atoms with Gasteiger partial charge in [0.15, 0.2) is 0 Å². The minimum atomic E-state index is -0.539. The summed E-state index contributed by atoms with van der Waals surface area (Å²) in [6, 6.07) is 3.38. The van der Waals surface area contributed by atoms with Crippen LogP contribution in [-0.2, 0) is 11.3 Å². The Balaban J connectivity index is 1.72. The summed E-state index contributed by atoms with van der Waals surface area (Å²) in [5.74, 6) is 0. The van der Waals surface area contributed by atoms with Gasteiger partial charge in [0.25, 0.3) is 0 Å². The van der Waals surface area contributed by atoms with Gasteiger partial charge >= 0.3 is 6.03 Å². The number of nitrogens with zero attached hydrogens (tertiary/aromatic N) is 3. The number of aromatic nitrogens is 1. The first kappa shape index (κ1) is 13.3. The summed E-state index contributed by atoms with van der Waals surface area (Å²) in [5.41, 5.74) is 6.57. The number of carbonyl (C=O) groups excluding carboxylic acids is 1. The molecule has 3 heterocycles. The Hall–Kier alpha value is -1.70. The molecule has 7 heteroatoms. The molecule has 0 aliphatic carbocycles. The minimum Gasteiger partial charge on any atom is -0.350 e. The number of piperazine rings is 1. The van der Waals surface area contributed by atoms with Crippen molar-refractivity contribution >= 4 is 6.03 Å². The molecule has 108 valence electrons. The van der Waals surface area contributed by atoms with Gasteiger partial charge in [0.05, 0.1) is 0 Å². The number of carbonyl (C=O) groups is 1. The van der Waals surface area contributed by atoms with Crippen LogP contribution in [0.2, 0.25) is 0 Å². The second-order valence-corrected chi connectivity index (χ2v) is 5.13. The molecule has 1 aromatic rings. The molecule has 2 atom stereocenters. The quantitative estimate of drug-likeness (QED) is 0.765. The minimum absolute atomic E-state index is 0.0701. The lowest BCUT2D eigenvalue weighted by molar-refractivity contribution is -0.255. The van der Waals surface area contributed by atoms with Crippen molar-refractivity contribution in [2.75, 3.05) is 26.2 Å². The standard InChI is InChI=1S/C13H19N5O2/c14-13(19)18-12-8-16-5-6-17(12)9-11(20-18)7-10-1-3-15-4-2-10/h1-4,11-12,16H,5-9H2,(H2,14,19). The van der Waals surface area contributed by atoms with Crippen LogP contribution in [0.15, 0.2) is 24.5 Å². The first-order chi connectivity index (χ1) is 9.74. The van der Waals surface area contributed by atoms with E-state index in [-0.39, 0.29) is 12.3 Å². The fourth-order valence-electron chi connectivity index (χ4n) is 2.78. The maximum Gasteiger partial charge on any atom is 0.340 e. The smallest absolute Gasteiger partial charge is 0.340 e. The van der Waals surface area contributed by atoms with Crippen molar-refractivity contribution in [2.45, 2.75) is 18.7 Å². The van der Waals surface area contributed by atoms with Crippen LogP contribution < -0.4 is 11.1 Å². The number of nitrogens with one attached hydrogen (secondary N) is 1. The molecule has 20 heavy (non-hydrogen) atoms. The predicted molar refractivity (Wildman–Crippen MR) is 72.5 cm³/mol. The van der Waals surface area contributed by atoms with Crippen molar-refractivity contribution in [3.05, 3.63) is 30.1 Å². The highest BCUT2D eigenvalue weighted by molar-refractivity contribution is 5.71. The van der Waals surface area contributed by atoms with Gasteiger partial charge in [-0.2, -0.15) is 5.06 Å². The van der Waals surface area contributed by atoms with Crippen LogP contribution in [0.4, 0.5) is 4.79 Å². The van der Waals surface area contributed by atoms with Gasteiger partial charge < -0.3 is 11.1 Å². The SMILES string of the molecule is NC(=O)N1OC(Cc2ccncc2)CN2CCNCC21. The summed E-state index contributed by atoms with van der Waals surface area (Å²) in [7, 11) is 0. The Bertz CT molecular complexity index is 469. The zero-order valence-corrected chi connectivity index (χ0v) is 11.2. The molecule has 0 radical (unpaired) electrons. The Morgan fingerprint density at radius 2 is 2.30 bits per heavy atom. The third-order valence-electron chi connectivity index (χ3n) is 3.73. The maximum atomic E-state index is 11.6. The van der Waals surface area contributed by atoms with Gasteiger partial charge in [-0.25, -0.2) is 4.79 Å². The normalized spacial score (nSPS) is 27.1. The number of urea groups is 1. The van der Waals surface area contributed by atoms with Crippen LogP contribution in [0.1, 0.15) is 5.56 Å². The fraction of sp³-hybridized carbons (Fsp3) is 0.538. The van der Waals surface area contributed by atoms with Crippen molar-refractivity contribution in [1.29, 1.82) is 0 Å². The molecule has 3 N–H and O–H groups in total. The molecule has 0 aromatic carbocycles. The van der Waals surface area contributed by atoms with E-state index in [0.717, 1.165) is 31.6 Å². The largest absolute Gasteiger partial charge is 0.350 e. The lowest BCUT2D eigenvalue weighted by Crippen LogP contribution is -2.67. The average molecular weight is 277 g/mol. The van der Waals surface area contributed by atoms with E-state index in [4.69, 9.17) is 10.6 Å². The second-order valence-electron chi connectivity index (χ2n) is 5.13. The summed E-state index contributed by atoms with van der Waals surface area (Å²) in [5, 5.41) is 4.56. The molecule has 2 unspecified atom stereocenters. The summed E-state index contributed by atoms with van der Waals surface area (Å²) >= 11 is 0. The summed E-state index contributed by atoms with van der Waals surface area (Å²) in [6.45, 7) is 3.30. The lowest BCUT2D eigenvalue weighted by atomic mass is 10.1. The third kappa shape index (κ3) is 2.74. The van der Waals surface area contributed by atoms with Crippen molar-refractivity contribution in [2.24, 2.45) is 5.73 Å². The van der Waals surface area contributed by atoms with Crippen molar-refractivity contribution in [3.63, 3.8) is 0 Å². The number of fused-ring (bicyclic) bond motifs is 1. The van der Waals surface area contributed by atoms with Crippen LogP contribution >= 0.6 is 0 Å². The Morgan fingerprint density at radius 3 is 3.05 bits per heavy atom. The molecule has 0 bridgehead atoms. The first-order valence-electron chi connectivity index (χ1n) is 6.83. The predicted octanol–water partition coefficient (Wildman–Crippen LogP) is -0.450. The van der Waals surface area contributed by atoms with Gasteiger partial charge in [0.1, 0.15) is 12.3 Å². The number of primary amides is 1. The topological polar surface area (TPSA) is 83.7 Å². The molecular weight excluding hydrogens is 258 g/mol. The Labute approximate surface area is 117 Å². The number of hydroxylamine groups is 2. The fourth-order valence-corrected chi connectivity index (χ4v) is 2.78. The van der Waals surface area contributed by atoms with E-state index in [1.165, 1.54) is 5.06 Å². The summed E-state index contributed by atoms with van der Waals surface area (Å²) in [4.78, 5) is 23.6. The van der Waals surface area contributed by atoms with Crippen LogP contribution in [-0.4, -0.2) is 59.4 Å². The molecule has 2 aliphatic rings. The van der Waals surface area contributed by atoms with E-state index >= 15 is 0 Å².